The van der Waals surface area contributed by atoms with E-state index in [0.717, 1.165) is 25.9 Å². The lowest BCUT2D eigenvalue weighted by molar-refractivity contribution is 0.396. The Balaban J connectivity index is 3.53. The summed E-state index contributed by atoms with van der Waals surface area (Å²) in [6.45, 7) is 1.88. The Morgan fingerprint density at radius 2 is 2.21 bits per heavy atom. The second-order valence-electron chi connectivity index (χ2n) is 3.14. The van der Waals surface area contributed by atoms with Crippen LogP contribution in [0.15, 0.2) is 4.99 Å². The van der Waals surface area contributed by atoms with Gasteiger partial charge in [-0.05, 0) is 39.7 Å². The Morgan fingerprint density at radius 3 is 2.71 bits per heavy atom. The van der Waals surface area contributed by atoms with Crippen LogP contribution in [0.25, 0.3) is 0 Å². The maximum absolute atomic E-state index is 8.38. The molecule has 4 nitrogen and oxygen atoms in total. The van der Waals surface area contributed by atoms with Crippen LogP contribution in [0.2, 0.25) is 0 Å². The maximum Gasteiger partial charge on any atom is 0.183 e. The third kappa shape index (κ3) is 7.90. The fourth-order valence-electron chi connectivity index (χ4n) is 0.923. The second-order valence-corrected chi connectivity index (χ2v) is 3.93. The molecule has 0 saturated carbocycles. The van der Waals surface area contributed by atoms with Gasteiger partial charge in [0.2, 0.25) is 0 Å². The SMILES string of the molecule is CSC(=NCCCCN(C)C)NC#N. The molecule has 1 N–H and O–H groups in total. The minimum absolute atomic E-state index is 0.706. The number of thioether (sulfide) groups is 1. The molecule has 0 aliphatic heterocycles. The van der Waals surface area contributed by atoms with Gasteiger partial charge in [-0.3, -0.25) is 10.3 Å². The summed E-state index contributed by atoms with van der Waals surface area (Å²) < 4.78 is 0. The number of aliphatic imine (C=N–C) groups is 1. The molecule has 0 aromatic carbocycles. The minimum Gasteiger partial charge on any atom is -0.309 e. The molecule has 0 aliphatic carbocycles. The first-order valence-corrected chi connectivity index (χ1v) is 5.81. The minimum atomic E-state index is 0.706. The lowest BCUT2D eigenvalue weighted by Gasteiger charge is -2.07. The Morgan fingerprint density at radius 1 is 1.50 bits per heavy atom. The first-order valence-electron chi connectivity index (χ1n) is 4.59. The first kappa shape index (κ1) is 13.3. The summed E-state index contributed by atoms with van der Waals surface area (Å²) in [5.74, 6) is 0. The van der Waals surface area contributed by atoms with E-state index in [0.29, 0.717) is 5.17 Å². The van der Waals surface area contributed by atoms with Crippen molar-refractivity contribution in [3.8, 4) is 6.19 Å². The number of hydrogen-bond donors (Lipinski definition) is 1. The predicted octanol–water partition coefficient (Wildman–Crippen LogP) is 1.12. The van der Waals surface area contributed by atoms with Gasteiger partial charge < -0.3 is 4.90 Å². The molecule has 0 radical (unpaired) electrons. The van der Waals surface area contributed by atoms with Gasteiger partial charge in [0.25, 0.3) is 0 Å². The van der Waals surface area contributed by atoms with Crippen molar-refractivity contribution in [2.24, 2.45) is 4.99 Å². The second kappa shape index (κ2) is 8.85. The zero-order valence-electron chi connectivity index (χ0n) is 9.08. The van der Waals surface area contributed by atoms with Crippen LogP contribution in [0.5, 0.6) is 0 Å². The molecule has 0 unspecified atom stereocenters. The highest BCUT2D eigenvalue weighted by atomic mass is 32.2. The largest absolute Gasteiger partial charge is 0.309 e. The molecule has 80 valence electrons. The van der Waals surface area contributed by atoms with Crippen LogP contribution in [0, 0.1) is 11.5 Å². The molecular weight excluding hydrogens is 196 g/mol. The van der Waals surface area contributed by atoms with E-state index in [1.807, 2.05) is 12.4 Å². The van der Waals surface area contributed by atoms with Crippen molar-refractivity contribution in [1.82, 2.24) is 10.2 Å². The van der Waals surface area contributed by atoms with Crippen molar-refractivity contribution in [3.05, 3.63) is 0 Å². The highest BCUT2D eigenvalue weighted by Gasteiger charge is 1.94. The molecule has 0 amide bonds. The van der Waals surface area contributed by atoms with E-state index in [-0.39, 0.29) is 0 Å². The molecule has 0 rings (SSSR count). The fraction of sp³-hybridized carbons (Fsp3) is 0.778. The Hall–Kier alpha value is -0.730. The molecule has 0 aromatic heterocycles. The van der Waals surface area contributed by atoms with E-state index in [4.69, 9.17) is 5.26 Å². The molecule has 0 atom stereocenters. The molecule has 0 heterocycles. The van der Waals surface area contributed by atoms with Crippen molar-refractivity contribution in [3.63, 3.8) is 0 Å². The van der Waals surface area contributed by atoms with Gasteiger partial charge >= 0.3 is 0 Å². The van der Waals surface area contributed by atoms with Gasteiger partial charge in [-0.25, -0.2) is 0 Å². The lowest BCUT2D eigenvalue weighted by Crippen LogP contribution is -2.15. The number of nitriles is 1. The summed E-state index contributed by atoms with van der Waals surface area (Å²) in [5, 5.41) is 11.6. The van der Waals surface area contributed by atoms with Crippen molar-refractivity contribution in [2.45, 2.75) is 12.8 Å². The quantitative estimate of drug-likeness (QED) is 0.245. The summed E-state index contributed by atoms with van der Waals surface area (Å²) in [6, 6.07) is 0. The van der Waals surface area contributed by atoms with Crippen LogP contribution in [-0.4, -0.2) is 43.5 Å². The number of unbranched alkanes of at least 4 members (excludes halogenated alkanes) is 1. The summed E-state index contributed by atoms with van der Waals surface area (Å²) in [6.07, 6.45) is 5.98. The molecule has 5 heteroatoms. The van der Waals surface area contributed by atoms with Crippen LogP contribution >= 0.6 is 11.8 Å². The number of rotatable bonds is 5. The van der Waals surface area contributed by atoms with E-state index in [9.17, 15) is 0 Å². The molecule has 0 fully saturated rings. The Bertz CT molecular complexity index is 207. The van der Waals surface area contributed by atoms with Crippen LogP contribution in [0.3, 0.4) is 0 Å². The zero-order valence-corrected chi connectivity index (χ0v) is 9.89. The zero-order chi connectivity index (χ0) is 10.8. The smallest absolute Gasteiger partial charge is 0.183 e. The molecule has 0 bridgehead atoms. The molecule has 0 spiro atoms. The van der Waals surface area contributed by atoms with Crippen LogP contribution in [-0.2, 0) is 0 Å². The van der Waals surface area contributed by atoms with Crippen LogP contribution in [0.4, 0.5) is 0 Å². The molecule has 0 aliphatic rings. The van der Waals surface area contributed by atoms with E-state index >= 15 is 0 Å². The van der Waals surface area contributed by atoms with E-state index in [2.05, 4.69) is 29.3 Å². The average molecular weight is 214 g/mol. The lowest BCUT2D eigenvalue weighted by atomic mass is 10.3. The van der Waals surface area contributed by atoms with Gasteiger partial charge in [-0.15, -0.1) is 0 Å². The third-order valence-corrected chi connectivity index (χ3v) is 2.24. The average Bonchev–Trinajstić information content (AvgIpc) is 2.15. The van der Waals surface area contributed by atoms with Crippen molar-refractivity contribution in [1.29, 1.82) is 5.26 Å². The van der Waals surface area contributed by atoms with Gasteiger partial charge in [0, 0.05) is 6.54 Å². The van der Waals surface area contributed by atoms with Crippen LogP contribution < -0.4 is 5.32 Å². The first-order chi connectivity index (χ1) is 6.70. The highest BCUT2D eigenvalue weighted by molar-refractivity contribution is 8.13. The normalized spacial score (nSPS) is 11.5. The van der Waals surface area contributed by atoms with Gasteiger partial charge in [-0.2, -0.15) is 5.26 Å². The third-order valence-electron chi connectivity index (χ3n) is 1.63. The molecule has 0 aromatic rings. The topological polar surface area (TPSA) is 51.4 Å². The Kier molecular flexibility index (Phi) is 8.39. The summed E-state index contributed by atoms with van der Waals surface area (Å²) >= 11 is 1.46. The van der Waals surface area contributed by atoms with E-state index in [1.165, 1.54) is 11.8 Å². The predicted molar refractivity (Wildman–Crippen MR) is 62.4 cm³/mol. The van der Waals surface area contributed by atoms with Gasteiger partial charge in [-0.1, -0.05) is 11.8 Å². The summed E-state index contributed by atoms with van der Waals surface area (Å²) in [7, 11) is 4.13. The highest BCUT2D eigenvalue weighted by Crippen LogP contribution is 1.97. The van der Waals surface area contributed by atoms with Crippen molar-refractivity contribution in [2.75, 3.05) is 33.4 Å². The fourth-order valence-corrected chi connectivity index (χ4v) is 1.29. The van der Waals surface area contributed by atoms with Crippen molar-refractivity contribution >= 4 is 16.9 Å². The van der Waals surface area contributed by atoms with E-state index < -0.39 is 0 Å². The standard InChI is InChI=1S/C9H18N4S/c1-13(2)7-5-4-6-11-9(14-3)12-8-10/h4-7H2,1-3H3,(H,11,12). The van der Waals surface area contributed by atoms with E-state index in [1.54, 1.807) is 0 Å². The summed E-state index contributed by atoms with van der Waals surface area (Å²) in [5.41, 5.74) is 0. The molecule has 0 saturated heterocycles. The van der Waals surface area contributed by atoms with Crippen molar-refractivity contribution < 1.29 is 0 Å². The summed E-state index contributed by atoms with van der Waals surface area (Å²) in [4.78, 5) is 6.42. The Labute approximate surface area is 90.4 Å². The maximum atomic E-state index is 8.38. The van der Waals surface area contributed by atoms with Gasteiger partial charge in [0.15, 0.2) is 11.4 Å². The number of hydrogen-bond acceptors (Lipinski definition) is 4. The molecular formula is C9H18N4S. The monoisotopic (exact) mass is 214 g/mol. The number of amidine groups is 1. The van der Waals surface area contributed by atoms with Crippen LogP contribution in [0.1, 0.15) is 12.8 Å². The number of nitrogens with one attached hydrogen (secondary N) is 1. The molecule has 14 heavy (non-hydrogen) atoms. The van der Waals surface area contributed by atoms with Gasteiger partial charge in [0.1, 0.15) is 0 Å². The number of nitrogens with zero attached hydrogens (tertiary/aromatic N) is 3. The van der Waals surface area contributed by atoms with Gasteiger partial charge in [0.05, 0.1) is 0 Å².